The molecule has 1 fully saturated rings. The van der Waals surface area contributed by atoms with Gasteiger partial charge in [-0.15, -0.1) is 0 Å². The minimum absolute atomic E-state index is 0.0360. The number of carbonyl (C=O) groups excluding carboxylic acids is 1. The zero-order valence-electron chi connectivity index (χ0n) is 16.5. The standard InChI is InChI=1S/C20H32N4O/c1-14(2)7-16-8-17(10-20(6,9-16)13-21)23-18(25)19(4,5)24-12-15(3)11-22-24/h11-12,14,16-17H,7-10H2,1-6H3,(H,23,25). The maximum absolute atomic E-state index is 12.9. The molecule has 5 nitrogen and oxygen atoms in total. The predicted octanol–water partition coefficient (Wildman–Crippen LogP) is 3.79. The van der Waals surface area contributed by atoms with Crippen molar-refractivity contribution in [2.24, 2.45) is 17.3 Å². The summed E-state index contributed by atoms with van der Waals surface area (Å²) in [5.41, 5.74) is -0.0719. The van der Waals surface area contributed by atoms with E-state index >= 15 is 0 Å². The molecule has 1 aromatic rings. The zero-order chi connectivity index (χ0) is 18.8. The highest BCUT2D eigenvalue weighted by Crippen LogP contribution is 2.41. The molecule has 0 aliphatic heterocycles. The van der Waals surface area contributed by atoms with E-state index in [1.807, 2.05) is 33.9 Å². The van der Waals surface area contributed by atoms with Gasteiger partial charge in [-0.2, -0.15) is 10.4 Å². The Morgan fingerprint density at radius 2 is 2.20 bits per heavy atom. The molecule has 1 N–H and O–H groups in total. The summed E-state index contributed by atoms with van der Waals surface area (Å²) in [5.74, 6) is 1.05. The van der Waals surface area contributed by atoms with E-state index in [1.165, 1.54) is 0 Å². The maximum Gasteiger partial charge on any atom is 0.247 e. The SMILES string of the molecule is Cc1cnn(C(C)(C)C(=O)NC2CC(CC(C)C)CC(C)(C#N)C2)c1. The van der Waals surface area contributed by atoms with Crippen LogP contribution in [0.25, 0.3) is 0 Å². The summed E-state index contributed by atoms with van der Waals surface area (Å²) in [6.45, 7) is 12.2. The average Bonchev–Trinajstić information content (AvgIpc) is 2.93. The lowest BCUT2D eigenvalue weighted by molar-refractivity contribution is -0.130. The maximum atomic E-state index is 12.9. The quantitative estimate of drug-likeness (QED) is 0.883. The van der Waals surface area contributed by atoms with E-state index in [2.05, 4.69) is 30.3 Å². The van der Waals surface area contributed by atoms with E-state index in [-0.39, 0.29) is 17.4 Å². The van der Waals surface area contributed by atoms with Crippen molar-refractivity contribution in [3.05, 3.63) is 18.0 Å². The second-order valence-corrected chi connectivity index (χ2v) is 9.00. The van der Waals surface area contributed by atoms with Gasteiger partial charge in [-0.1, -0.05) is 13.8 Å². The van der Waals surface area contributed by atoms with Crippen LogP contribution in [0.1, 0.15) is 65.9 Å². The lowest BCUT2D eigenvalue weighted by Crippen LogP contribution is -2.51. The molecule has 1 aliphatic carbocycles. The van der Waals surface area contributed by atoms with Gasteiger partial charge in [0.15, 0.2) is 0 Å². The second kappa shape index (κ2) is 7.19. The van der Waals surface area contributed by atoms with E-state index in [0.717, 1.165) is 31.2 Å². The average molecular weight is 345 g/mol. The van der Waals surface area contributed by atoms with Gasteiger partial charge in [-0.25, -0.2) is 0 Å². The molecule has 138 valence electrons. The van der Waals surface area contributed by atoms with Gasteiger partial charge in [-0.3, -0.25) is 9.48 Å². The van der Waals surface area contributed by atoms with Gasteiger partial charge >= 0.3 is 0 Å². The van der Waals surface area contributed by atoms with E-state index < -0.39 is 5.54 Å². The van der Waals surface area contributed by atoms with Crippen LogP contribution in [0.2, 0.25) is 0 Å². The number of nitriles is 1. The van der Waals surface area contributed by atoms with Crippen LogP contribution >= 0.6 is 0 Å². The molecule has 25 heavy (non-hydrogen) atoms. The van der Waals surface area contributed by atoms with Gasteiger partial charge < -0.3 is 5.32 Å². The van der Waals surface area contributed by atoms with Crippen LogP contribution in [-0.4, -0.2) is 21.7 Å². The van der Waals surface area contributed by atoms with E-state index in [9.17, 15) is 10.1 Å². The van der Waals surface area contributed by atoms with E-state index in [4.69, 9.17) is 0 Å². The Hall–Kier alpha value is -1.83. The molecular formula is C20H32N4O. The lowest BCUT2D eigenvalue weighted by atomic mass is 9.67. The van der Waals surface area contributed by atoms with Crippen molar-refractivity contribution in [1.29, 1.82) is 5.26 Å². The molecule has 0 saturated heterocycles. The van der Waals surface area contributed by atoms with E-state index in [0.29, 0.717) is 11.8 Å². The van der Waals surface area contributed by atoms with Crippen molar-refractivity contribution in [2.75, 3.05) is 0 Å². The highest BCUT2D eigenvalue weighted by molar-refractivity contribution is 5.83. The van der Waals surface area contributed by atoms with Crippen molar-refractivity contribution >= 4 is 5.91 Å². The molecule has 5 heteroatoms. The number of amides is 1. The number of rotatable bonds is 5. The fourth-order valence-corrected chi connectivity index (χ4v) is 4.07. The van der Waals surface area contributed by atoms with Crippen LogP contribution in [0.15, 0.2) is 12.4 Å². The summed E-state index contributed by atoms with van der Waals surface area (Å²) in [7, 11) is 0. The molecule has 0 radical (unpaired) electrons. The molecule has 0 bridgehead atoms. The Bertz CT molecular complexity index is 655. The Labute approximate surface area is 151 Å². The number of aromatic nitrogens is 2. The molecule has 1 heterocycles. The van der Waals surface area contributed by atoms with Gasteiger partial charge in [0.05, 0.1) is 17.7 Å². The predicted molar refractivity (Wildman–Crippen MR) is 98.7 cm³/mol. The third kappa shape index (κ3) is 4.62. The summed E-state index contributed by atoms with van der Waals surface area (Å²) >= 11 is 0. The third-order valence-electron chi connectivity index (χ3n) is 5.30. The Balaban J connectivity index is 2.11. The monoisotopic (exact) mass is 344 g/mol. The van der Waals surface area contributed by atoms with Crippen LogP contribution in [0.5, 0.6) is 0 Å². The molecule has 1 saturated carbocycles. The number of nitrogens with zero attached hydrogens (tertiary/aromatic N) is 3. The summed E-state index contributed by atoms with van der Waals surface area (Å²) in [5, 5.41) is 17.1. The fourth-order valence-electron chi connectivity index (χ4n) is 4.07. The van der Waals surface area contributed by atoms with Crippen LogP contribution in [0, 0.1) is 35.5 Å². The first-order chi connectivity index (χ1) is 11.6. The largest absolute Gasteiger partial charge is 0.351 e. The van der Waals surface area contributed by atoms with Gasteiger partial charge in [-0.05, 0) is 70.8 Å². The van der Waals surface area contributed by atoms with Crippen LogP contribution in [-0.2, 0) is 10.3 Å². The molecule has 0 aromatic carbocycles. The van der Waals surface area contributed by atoms with Crippen LogP contribution in [0.4, 0.5) is 0 Å². The minimum atomic E-state index is -0.748. The number of aryl methyl sites for hydroxylation is 1. The molecule has 1 amide bonds. The summed E-state index contributed by atoms with van der Waals surface area (Å²) in [6.07, 6.45) is 7.36. The van der Waals surface area contributed by atoms with Gasteiger partial charge in [0.1, 0.15) is 5.54 Å². The summed E-state index contributed by atoms with van der Waals surface area (Å²) in [4.78, 5) is 12.9. The van der Waals surface area contributed by atoms with Crippen molar-refractivity contribution in [2.45, 2.75) is 78.8 Å². The number of hydrogen-bond donors (Lipinski definition) is 1. The Morgan fingerprint density at radius 3 is 2.72 bits per heavy atom. The molecule has 3 unspecified atom stereocenters. The smallest absolute Gasteiger partial charge is 0.247 e. The Morgan fingerprint density at radius 1 is 1.52 bits per heavy atom. The minimum Gasteiger partial charge on any atom is -0.351 e. The van der Waals surface area contributed by atoms with Crippen molar-refractivity contribution in [3.8, 4) is 6.07 Å². The van der Waals surface area contributed by atoms with Crippen molar-refractivity contribution in [1.82, 2.24) is 15.1 Å². The van der Waals surface area contributed by atoms with Crippen LogP contribution < -0.4 is 5.32 Å². The highest BCUT2D eigenvalue weighted by Gasteiger charge is 2.40. The number of carbonyl (C=O) groups is 1. The lowest BCUT2D eigenvalue weighted by Gasteiger charge is -2.40. The summed E-state index contributed by atoms with van der Waals surface area (Å²) in [6, 6.07) is 2.54. The normalized spacial score (nSPS) is 27.1. The molecular weight excluding hydrogens is 312 g/mol. The molecule has 1 aliphatic rings. The number of hydrogen-bond acceptors (Lipinski definition) is 3. The second-order valence-electron chi connectivity index (χ2n) is 9.00. The van der Waals surface area contributed by atoms with Gasteiger partial charge in [0.2, 0.25) is 5.91 Å². The Kier molecular flexibility index (Phi) is 5.61. The van der Waals surface area contributed by atoms with Gasteiger partial charge in [0, 0.05) is 12.2 Å². The third-order valence-corrected chi connectivity index (χ3v) is 5.30. The first-order valence-corrected chi connectivity index (χ1v) is 9.30. The first-order valence-electron chi connectivity index (χ1n) is 9.30. The topological polar surface area (TPSA) is 70.7 Å². The number of nitrogens with one attached hydrogen (secondary N) is 1. The molecule has 1 aromatic heterocycles. The summed E-state index contributed by atoms with van der Waals surface area (Å²) < 4.78 is 1.72. The first kappa shape index (κ1) is 19.5. The zero-order valence-corrected chi connectivity index (χ0v) is 16.5. The molecule has 2 rings (SSSR count). The molecule has 3 atom stereocenters. The van der Waals surface area contributed by atoms with Crippen LogP contribution in [0.3, 0.4) is 0 Å². The fraction of sp³-hybridized carbons (Fsp3) is 0.750. The van der Waals surface area contributed by atoms with E-state index in [1.54, 1.807) is 10.9 Å². The van der Waals surface area contributed by atoms with Crippen molar-refractivity contribution < 1.29 is 4.79 Å². The molecule has 0 spiro atoms. The van der Waals surface area contributed by atoms with Gasteiger partial charge in [0.25, 0.3) is 0 Å². The highest BCUT2D eigenvalue weighted by atomic mass is 16.2. The van der Waals surface area contributed by atoms with Crippen molar-refractivity contribution in [3.63, 3.8) is 0 Å².